The van der Waals surface area contributed by atoms with Crippen LogP contribution in [0.25, 0.3) is 0 Å². The maximum Gasteiger partial charge on any atom is 0.313 e. The highest BCUT2D eigenvalue weighted by molar-refractivity contribution is 8.00. The number of aromatic nitrogens is 1. The Kier molecular flexibility index (Phi) is 7.91. The molecule has 0 unspecified atom stereocenters. The Morgan fingerprint density at radius 1 is 1.21 bits per heavy atom. The van der Waals surface area contributed by atoms with Crippen LogP contribution in [0.2, 0.25) is 0 Å². The standard InChI is InChI=1S/C27H28F6N2O5S2/c1-25(30,31)7-6-15-13-35(17-4-2-16(28)3-5-17)22-20(42(38,39)21(15)29)10-19(40-14-26(8-9-26)24(36)37)23(34-22)41-18-11-27(32,33)12-18/h2-5,10,15,18,21H,6-9,11-14H2,1H3,(H,36,37)/t15-,21+/m1/s1. The molecule has 0 amide bonds. The lowest BCUT2D eigenvalue weighted by atomic mass is 9.94. The van der Waals surface area contributed by atoms with Crippen LogP contribution in [0.3, 0.4) is 0 Å². The molecule has 15 heteroatoms. The van der Waals surface area contributed by atoms with Gasteiger partial charge in [0.05, 0.1) is 0 Å². The predicted molar refractivity (Wildman–Crippen MR) is 142 cm³/mol. The van der Waals surface area contributed by atoms with Gasteiger partial charge in [0.15, 0.2) is 11.6 Å². The maximum absolute atomic E-state index is 15.8. The number of anilines is 2. The van der Waals surface area contributed by atoms with Gasteiger partial charge in [-0.05, 0) is 50.5 Å². The van der Waals surface area contributed by atoms with Crippen molar-refractivity contribution in [3.05, 3.63) is 36.1 Å². The van der Waals surface area contributed by atoms with Crippen molar-refractivity contribution >= 4 is 39.1 Å². The minimum Gasteiger partial charge on any atom is -0.490 e. The number of halogens is 6. The molecule has 0 saturated heterocycles. The third-order valence-electron chi connectivity index (χ3n) is 7.78. The van der Waals surface area contributed by atoms with Gasteiger partial charge in [0.1, 0.15) is 27.8 Å². The van der Waals surface area contributed by atoms with E-state index in [4.69, 9.17) is 4.74 Å². The number of nitrogens with zero attached hydrogens (tertiary/aromatic N) is 2. The number of thioether (sulfide) groups is 1. The lowest BCUT2D eigenvalue weighted by Gasteiger charge is -2.34. The number of ether oxygens (including phenoxy) is 1. The Hall–Kier alpha value is -2.68. The zero-order valence-corrected chi connectivity index (χ0v) is 24.0. The van der Waals surface area contributed by atoms with Gasteiger partial charge in [0.2, 0.25) is 27.2 Å². The molecule has 0 radical (unpaired) electrons. The largest absolute Gasteiger partial charge is 0.490 e. The SMILES string of the molecule is CC(F)(F)CC[C@@H]1CN(c2ccc(F)cc2)c2nc(SC3CC(F)(F)C3)c(OCC3(C(=O)O)CC3)cc2S(=O)(=O)[C@@H]1F. The normalized spacial score (nSPS) is 24.3. The third-order valence-corrected chi connectivity index (χ3v) is 10.9. The molecule has 0 bridgehead atoms. The van der Waals surface area contributed by atoms with E-state index in [1.54, 1.807) is 0 Å². The van der Waals surface area contributed by atoms with Gasteiger partial charge in [-0.15, -0.1) is 0 Å². The molecular formula is C27H28F6N2O5S2. The molecule has 42 heavy (non-hydrogen) atoms. The van der Waals surface area contributed by atoms with E-state index in [1.807, 2.05) is 0 Å². The summed E-state index contributed by atoms with van der Waals surface area (Å²) in [5.74, 6) is -9.76. The van der Waals surface area contributed by atoms with E-state index in [-0.39, 0.29) is 28.9 Å². The summed E-state index contributed by atoms with van der Waals surface area (Å²) in [4.78, 5) is 16.8. The highest BCUT2D eigenvalue weighted by Gasteiger charge is 2.52. The number of aliphatic carboxylic acids is 1. The van der Waals surface area contributed by atoms with E-state index in [0.717, 1.165) is 30.0 Å². The lowest BCUT2D eigenvalue weighted by Crippen LogP contribution is -2.37. The van der Waals surface area contributed by atoms with E-state index >= 15 is 4.39 Å². The summed E-state index contributed by atoms with van der Waals surface area (Å²) in [7, 11) is -4.87. The van der Waals surface area contributed by atoms with E-state index in [0.29, 0.717) is 19.8 Å². The lowest BCUT2D eigenvalue weighted by molar-refractivity contribution is -0.144. The molecule has 3 aliphatic rings. The van der Waals surface area contributed by atoms with Gasteiger partial charge >= 0.3 is 5.97 Å². The summed E-state index contributed by atoms with van der Waals surface area (Å²) >= 11 is 0.895. The number of pyridine rings is 1. The number of benzene rings is 1. The van der Waals surface area contributed by atoms with Gasteiger partial charge in [-0.2, -0.15) is 0 Å². The van der Waals surface area contributed by atoms with Crippen LogP contribution in [0, 0.1) is 17.2 Å². The maximum atomic E-state index is 15.8. The molecule has 1 aromatic carbocycles. The molecule has 1 aliphatic heterocycles. The van der Waals surface area contributed by atoms with Crippen LogP contribution in [0.4, 0.5) is 37.8 Å². The Morgan fingerprint density at radius 2 is 1.86 bits per heavy atom. The Balaban J connectivity index is 1.61. The second-order valence-corrected chi connectivity index (χ2v) is 14.6. The van der Waals surface area contributed by atoms with E-state index in [1.165, 1.54) is 17.0 Å². The summed E-state index contributed by atoms with van der Waals surface area (Å²) in [6, 6.07) is 5.76. The zero-order valence-electron chi connectivity index (χ0n) is 22.3. The van der Waals surface area contributed by atoms with Gasteiger partial charge in [-0.25, -0.2) is 39.7 Å². The molecule has 5 rings (SSSR count). The third kappa shape index (κ3) is 6.31. The first kappa shape index (κ1) is 30.8. The minimum absolute atomic E-state index is 0.00769. The molecule has 2 saturated carbocycles. The van der Waals surface area contributed by atoms with Crippen molar-refractivity contribution in [3.8, 4) is 5.75 Å². The number of carbonyl (C=O) groups is 1. The molecule has 2 aliphatic carbocycles. The zero-order chi connectivity index (χ0) is 30.7. The van der Waals surface area contributed by atoms with Crippen LogP contribution in [0.1, 0.15) is 45.4 Å². The molecule has 7 nitrogen and oxygen atoms in total. The van der Waals surface area contributed by atoms with Crippen molar-refractivity contribution in [1.29, 1.82) is 0 Å². The minimum atomic E-state index is -4.87. The highest BCUT2D eigenvalue weighted by atomic mass is 32.2. The smallest absolute Gasteiger partial charge is 0.313 e. The van der Waals surface area contributed by atoms with Gasteiger partial charge < -0.3 is 14.7 Å². The summed E-state index contributed by atoms with van der Waals surface area (Å²) in [5.41, 5.74) is -3.61. The number of rotatable bonds is 10. The first-order chi connectivity index (χ1) is 19.5. The molecule has 2 atom stereocenters. The van der Waals surface area contributed by atoms with Gasteiger partial charge in [-0.3, -0.25) is 4.79 Å². The number of hydrogen-bond acceptors (Lipinski definition) is 7. The number of alkyl halides is 5. The second kappa shape index (κ2) is 10.8. The molecular weight excluding hydrogens is 610 g/mol. The highest BCUT2D eigenvalue weighted by Crippen LogP contribution is 2.51. The summed E-state index contributed by atoms with van der Waals surface area (Å²) in [6.07, 6.45) is -1.63. The van der Waals surface area contributed by atoms with Gasteiger partial charge in [-0.1, -0.05) is 11.8 Å². The quantitative estimate of drug-likeness (QED) is 0.290. The van der Waals surface area contributed by atoms with Gasteiger partial charge in [0.25, 0.3) is 0 Å². The van der Waals surface area contributed by atoms with Crippen LogP contribution < -0.4 is 9.64 Å². The predicted octanol–water partition coefficient (Wildman–Crippen LogP) is 6.63. The van der Waals surface area contributed by atoms with Crippen molar-refractivity contribution in [1.82, 2.24) is 4.98 Å². The number of carboxylic acid groups (broad SMARTS) is 1. The van der Waals surface area contributed by atoms with Crippen molar-refractivity contribution in [2.24, 2.45) is 11.3 Å². The van der Waals surface area contributed by atoms with Crippen LogP contribution >= 0.6 is 11.8 Å². The molecule has 2 fully saturated rings. The Morgan fingerprint density at radius 3 is 2.40 bits per heavy atom. The molecule has 2 heterocycles. The van der Waals surface area contributed by atoms with Crippen molar-refractivity contribution in [3.63, 3.8) is 0 Å². The van der Waals surface area contributed by atoms with Crippen molar-refractivity contribution in [2.75, 3.05) is 18.1 Å². The fraction of sp³-hybridized carbons (Fsp3) is 0.556. The molecule has 0 spiro atoms. The average Bonchev–Trinajstić information content (AvgIpc) is 3.68. The Bertz CT molecular complexity index is 1460. The summed E-state index contributed by atoms with van der Waals surface area (Å²) < 4.78 is 117. The molecule has 230 valence electrons. The number of hydrogen-bond donors (Lipinski definition) is 1. The van der Waals surface area contributed by atoms with Crippen molar-refractivity contribution < 1.29 is 49.4 Å². The monoisotopic (exact) mass is 638 g/mol. The second-order valence-electron chi connectivity index (χ2n) is 11.3. The van der Waals surface area contributed by atoms with Crippen LogP contribution in [0.5, 0.6) is 5.75 Å². The van der Waals surface area contributed by atoms with Crippen LogP contribution in [0.15, 0.2) is 40.3 Å². The van der Waals surface area contributed by atoms with Gasteiger partial charge in [0, 0.05) is 48.7 Å². The molecule has 2 aromatic rings. The Labute approximate surface area is 242 Å². The first-order valence-electron chi connectivity index (χ1n) is 13.2. The van der Waals surface area contributed by atoms with Crippen LogP contribution in [-0.4, -0.2) is 60.2 Å². The van der Waals surface area contributed by atoms with E-state index < -0.39 is 92.7 Å². The van der Waals surface area contributed by atoms with Crippen molar-refractivity contribution in [2.45, 2.75) is 78.0 Å². The first-order valence-corrected chi connectivity index (χ1v) is 15.7. The van der Waals surface area contributed by atoms with E-state index in [2.05, 4.69) is 4.98 Å². The number of carboxylic acids is 1. The average molecular weight is 639 g/mol. The topological polar surface area (TPSA) is 96.8 Å². The number of sulfone groups is 1. The number of fused-ring (bicyclic) bond motifs is 1. The fourth-order valence-corrected chi connectivity index (χ4v) is 7.96. The van der Waals surface area contributed by atoms with E-state index in [9.17, 15) is 40.3 Å². The summed E-state index contributed by atoms with van der Waals surface area (Å²) in [6.45, 7) is -0.122. The molecule has 1 N–H and O–H groups in total. The fourth-order valence-electron chi connectivity index (χ4n) is 4.97. The summed E-state index contributed by atoms with van der Waals surface area (Å²) in [5, 5.41) is 8.93. The van der Waals surface area contributed by atoms with Crippen LogP contribution in [-0.2, 0) is 14.6 Å². The molecule has 1 aromatic heterocycles.